The minimum atomic E-state index is -0.803. The Hall–Kier alpha value is -1.96. The average molecular weight is 369 g/mol. The molecule has 2 fully saturated rings. The number of alkyl halides is 1. The van der Waals surface area contributed by atoms with Gasteiger partial charge in [-0.25, -0.2) is 8.78 Å². The molecule has 1 aromatic rings. The monoisotopic (exact) mass is 369 g/mol. The Bertz CT molecular complexity index is 630. The van der Waals surface area contributed by atoms with Crippen LogP contribution in [0.25, 0.3) is 0 Å². The van der Waals surface area contributed by atoms with Crippen LogP contribution in [-0.4, -0.2) is 42.9 Å². The maximum Gasteiger partial charge on any atom is 0.254 e. The highest BCUT2D eigenvalue weighted by molar-refractivity contribution is 5.82. The lowest BCUT2D eigenvalue weighted by Gasteiger charge is -2.25. The summed E-state index contributed by atoms with van der Waals surface area (Å²) in [6.45, 7) is 0.950. The third-order valence-electron chi connectivity index (χ3n) is 4.89. The fraction of sp³-hybridized carbons (Fsp3) is 0.667. The van der Waals surface area contributed by atoms with E-state index in [9.17, 15) is 13.6 Å². The van der Waals surface area contributed by atoms with E-state index in [0.29, 0.717) is 31.2 Å². The van der Waals surface area contributed by atoms with Gasteiger partial charge in [-0.1, -0.05) is 0 Å². The number of carbonyl (C=O) groups excluding carboxylic acids is 1. The molecular weight excluding hydrogens is 344 g/mol. The van der Waals surface area contributed by atoms with Crippen molar-refractivity contribution in [2.45, 2.75) is 63.4 Å². The van der Waals surface area contributed by atoms with Crippen molar-refractivity contribution in [2.24, 2.45) is 0 Å². The van der Waals surface area contributed by atoms with Gasteiger partial charge in [0.25, 0.3) is 5.88 Å². The number of methoxy groups -OCH3 is 1. The van der Waals surface area contributed by atoms with Gasteiger partial charge in [-0.15, -0.1) is 0 Å². The number of nitrogens with zero attached hydrogens (tertiary/aromatic N) is 1. The van der Waals surface area contributed by atoms with Gasteiger partial charge in [0.05, 0.1) is 13.2 Å². The largest absolute Gasteiger partial charge is 0.481 e. The molecule has 2 N–H and O–H groups in total. The lowest BCUT2D eigenvalue weighted by Crippen LogP contribution is -2.40. The number of pyridine rings is 1. The number of rotatable bonds is 6. The molecule has 2 heterocycles. The fourth-order valence-electron chi connectivity index (χ4n) is 3.39. The van der Waals surface area contributed by atoms with Gasteiger partial charge in [0, 0.05) is 12.1 Å². The van der Waals surface area contributed by atoms with Gasteiger partial charge in [-0.3, -0.25) is 4.79 Å². The topological polar surface area (TPSA) is 72.5 Å². The SMILES string of the molecule is COc1nc(O[C@H]2CC[C@@H](F)CC2)c(F)cc1CNC(=O)[C@@H]1CCCN1. The zero-order valence-corrected chi connectivity index (χ0v) is 14.9. The molecule has 8 heteroatoms. The summed E-state index contributed by atoms with van der Waals surface area (Å²) in [5, 5.41) is 5.89. The molecule has 1 atom stereocenters. The third kappa shape index (κ3) is 4.60. The van der Waals surface area contributed by atoms with Crippen LogP contribution in [0.2, 0.25) is 0 Å². The summed E-state index contributed by atoms with van der Waals surface area (Å²) in [4.78, 5) is 16.2. The van der Waals surface area contributed by atoms with E-state index in [-0.39, 0.29) is 36.4 Å². The molecule has 0 spiro atoms. The van der Waals surface area contributed by atoms with Crippen LogP contribution in [0, 0.1) is 5.82 Å². The number of nitrogens with one attached hydrogen (secondary N) is 2. The van der Waals surface area contributed by atoms with Crippen molar-refractivity contribution in [1.82, 2.24) is 15.6 Å². The van der Waals surface area contributed by atoms with Crippen LogP contribution in [0.1, 0.15) is 44.1 Å². The van der Waals surface area contributed by atoms with E-state index < -0.39 is 12.0 Å². The Morgan fingerprint density at radius 3 is 2.73 bits per heavy atom. The molecule has 0 radical (unpaired) electrons. The van der Waals surface area contributed by atoms with Gasteiger partial charge in [-0.2, -0.15) is 4.98 Å². The number of carbonyl (C=O) groups is 1. The van der Waals surface area contributed by atoms with E-state index in [0.717, 1.165) is 19.4 Å². The molecule has 26 heavy (non-hydrogen) atoms. The van der Waals surface area contributed by atoms with Crippen LogP contribution in [-0.2, 0) is 11.3 Å². The first-order valence-electron chi connectivity index (χ1n) is 9.12. The van der Waals surface area contributed by atoms with Gasteiger partial charge < -0.3 is 20.1 Å². The minimum Gasteiger partial charge on any atom is -0.481 e. The van der Waals surface area contributed by atoms with Crippen LogP contribution in [0.5, 0.6) is 11.8 Å². The van der Waals surface area contributed by atoms with E-state index in [1.165, 1.54) is 13.2 Å². The highest BCUT2D eigenvalue weighted by atomic mass is 19.1. The maximum absolute atomic E-state index is 14.4. The first-order chi connectivity index (χ1) is 12.6. The van der Waals surface area contributed by atoms with Crippen LogP contribution in [0.3, 0.4) is 0 Å². The molecule has 1 aliphatic heterocycles. The summed E-state index contributed by atoms with van der Waals surface area (Å²) >= 11 is 0. The Balaban J connectivity index is 1.63. The van der Waals surface area contributed by atoms with Gasteiger partial charge in [-0.05, 0) is 51.1 Å². The first-order valence-corrected chi connectivity index (χ1v) is 9.12. The Morgan fingerprint density at radius 2 is 2.08 bits per heavy atom. The maximum atomic E-state index is 14.4. The smallest absolute Gasteiger partial charge is 0.254 e. The second-order valence-electron chi connectivity index (χ2n) is 6.80. The van der Waals surface area contributed by atoms with Gasteiger partial charge in [0.2, 0.25) is 11.8 Å². The number of aromatic nitrogens is 1. The molecule has 0 aromatic carbocycles. The summed E-state index contributed by atoms with van der Waals surface area (Å²) in [5.41, 5.74) is 0.441. The molecule has 2 aliphatic rings. The number of amides is 1. The van der Waals surface area contributed by atoms with Crippen molar-refractivity contribution in [2.75, 3.05) is 13.7 Å². The number of halogens is 2. The Morgan fingerprint density at radius 1 is 1.31 bits per heavy atom. The first kappa shape index (κ1) is 18.8. The number of hydrogen-bond donors (Lipinski definition) is 2. The molecule has 1 aromatic heterocycles. The molecule has 1 saturated carbocycles. The molecule has 6 nitrogen and oxygen atoms in total. The summed E-state index contributed by atoms with van der Waals surface area (Å²) < 4.78 is 38.4. The lowest BCUT2D eigenvalue weighted by atomic mass is 9.96. The van der Waals surface area contributed by atoms with Crippen molar-refractivity contribution in [3.63, 3.8) is 0 Å². The second kappa shape index (κ2) is 8.62. The number of ether oxygens (including phenoxy) is 2. The zero-order valence-electron chi connectivity index (χ0n) is 14.9. The van der Waals surface area contributed by atoms with E-state index >= 15 is 0 Å². The highest BCUT2D eigenvalue weighted by Crippen LogP contribution is 2.29. The standard InChI is InChI=1S/C18H25F2N3O3/c1-25-17-11(10-22-16(24)15-3-2-8-21-15)9-14(20)18(23-17)26-13-6-4-12(19)5-7-13/h9,12-13,15,21H,2-8,10H2,1H3,(H,22,24)/t12-,13+,15-/m0/s1. The van der Waals surface area contributed by atoms with Crippen molar-refractivity contribution >= 4 is 5.91 Å². The predicted octanol–water partition coefficient (Wildman–Crippen LogP) is 2.26. The molecule has 0 bridgehead atoms. The van der Waals surface area contributed by atoms with E-state index in [2.05, 4.69) is 15.6 Å². The second-order valence-corrected chi connectivity index (χ2v) is 6.80. The molecule has 3 rings (SSSR count). The van der Waals surface area contributed by atoms with Crippen LogP contribution in [0.15, 0.2) is 6.07 Å². The summed E-state index contributed by atoms with van der Waals surface area (Å²) in [6.07, 6.45) is 2.63. The van der Waals surface area contributed by atoms with E-state index in [1.807, 2.05) is 0 Å². The number of hydrogen-bond acceptors (Lipinski definition) is 5. The molecule has 144 valence electrons. The van der Waals surface area contributed by atoms with Crippen molar-refractivity contribution < 1.29 is 23.0 Å². The van der Waals surface area contributed by atoms with Crippen molar-refractivity contribution in [1.29, 1.82) is 0 Å². The third-order valence-corrected chi connectivity index (χ3v) is 4.89. The summed E-state index contributed by atoms with van der Waals surface area (Å²) in [5.74, 6) is -0.665. The van der Waals surface area contributed by atoms with Gasteiger partial charge >= 0.3 is 0 Å². The highest BCUT2D eigenvalue weighted by Gasteiger charge is 2.25. The quantitative estimate of drug-likeness (QED) is 0.805. The lowest BCUT2D eigenvalue weighted by molar-refractivity contribution is -0.122. The molecule has 1 amide bonds. The van der Waals surface area contributed by atoms with Gasteiger partial charge in [0.15, 0.2) is 5.82 Å². The zero-order chi connectivity index (χ0) is 18.5. The predicted molar refractivity (Wildman–Crippen MR) is 91.4 cm³/mol. The Labute approximate surface area is 151 Å². The summed E-state index contributed by atoms with van der Waals surface area (Å²) in [6, 6.07) is 1.07. The molecule has 1 saturated heterocycles. The minimum absolute atomic E-state index is 0.117. The van der Waals surface area contributed by atoms with Crippen molar-refractivity contribution in [3.05, 3.63) is 17.4 Å². The fourth-order valence-corrected chi connectivity index (χ4v) is 3.39. The average Bonchev–Trinajstić information content (AvgIpc) is 3.18. The van der Waals surface area contributed by atoms with Crippen LogP contribution >= 0.6 is 0 Å². The summed E-state index contributed by atoms with van der Waals surface area (Å²) in [7, 11) is 1.43. The van der Waals surface area contributed by atoms with E-state index in [1.54, 1.807) is 0 Å². The molecule has 1 aliphatic carbocycles. The normalized spacial score (nSPS) is 25.7. The Kier molecular flexibility index (Phi) is 6.24. The van der Waals surface area contributed by atoms with Crippen molar-refractivity contribution in [3.8, 4) is 11.8 Å². The van der Waals surface area contributed by atoms with Gasteiger partial charge in [0.1, 0.15) is 12.3 Å². The van der Waals surface area contributed by atoms with Crippen LogP contribution < -0.4 is 20.1 Å². The molecule has 0 unspecified atom stereocenters. The van der Waals surface area contributed by atoms with Crippen LogP contribution in [0.4, 0.5) is 8.78 Å². The van der Waals surface area contributed by atoms with E-state index in [4.69, 9.17) is 9.47 Å². The molecular formula is C18H25F2N3O3.